The van der Waals surface area contributed by atoms with Crippen LogP contribution in [-0.2, 0) is 19.2 Å². The molecule has 2 saturated heterocycles. The van der Waals surface area contributed by atoms with Crippen LogP contribution >= 0.6 is 61.1 Å². The van der Waals surface area contributed by atoms with Crippen LogP contribution in [0.15, 0.2) is 82.9 Å². The first-order chi connectivity index (χ1) is 20.2. The third-order valence-electron chi connectivity index (χ3n) is 9.14. The largest absolute Gasteiger partial charge is 0.508 e. The molecule has 3 aromatic carbocycles. The van der Waals surface area contributed by atoms with Crippen molar-refractivity contribution in [3.63, 3.8) is 0 Å². The molecule has 2 aliphatic heterocycles. The molecule has 2 aliphatic carbocycles. The molecule has 212 valence electrons. The summed E-state index contributed by atoms with van der Waals surface area (Å²) in [6.45, 7) is 0. The summed E-state index contributed by atoms with van der Waals surface area (Å²) in [5.41, 5.74) is 2.42. The van der Waals surface area contributed by atoms with Gasteiger partial charge in [0, 0.05) is 23.1 Å². The Bertz CT molecular complexity index is 1710. The van der Waals surface area contributed by atoms with Crippen LogP contribution < -0.4 is 9.80 Å². The van der Waals surface area contributed by atoms with Gasteiger partial charge in [0.05, 0.1) is 35.0 Å². The molecule has 7 rings (SSSR count). The van der Waals surface area contributed by atoms with Gasteiger partial charge < -0.3 is 5.11 Å². The van der Waals surface area contributed by atoms with Crippen molar-refractivity contribution in [1.29, 1.82) is 0 Å². The molecule has 0 radical (unpaired) electrons. The number of aromatic hydroxyl groups is 1. The summed E-state index contributed by atoms with van der Waals surface area (Å²) in [6, 6.07) is 19.6. The summed E-state index contributed by atoms with van der Waals surface area (Å²) in [6.07, 6.45) is 2.63. The summed E-state index contributed by atoms with van der Waals surface area (Å²) >= 11 is 7.86. The quantitative estimate of drug-likeness (QED) is 0.187. The van der Waals surface area contributed by atoms with Gasteiger partial charge in [-0.1, -0.05) is 27.6 Å². The maximum atomic E-state index is 14.2. The maximum Gasteiger partial charge on any atom is 0.238 e. The summed E-state index contributed by atoms with van der Waals surface area (Å²) < 4.78 is 2.70. The Labute approximate surface area is 277 Å². The van der Waals surface area contributed by atoms with Crippen molar-refractivity contribution in [1.82, 2.24) is 0 Å². The van der Waals surface area contributed by atoms with Crippen molar-refractivity contribution < 1.29 is 24.3 Å². The number of phenolic OH excluding ortho intramolecular Hbond substituents is 1. The van der Waals surface area contributed by atoms with Crippen LogP contribution in [0, 0.1) is 36.7 Å². The highest BCUT2D eigenvalue weighted by molar-refractivity contribution is 14.1. The molecule has 4 aliphatic rings. The molecule has 1 N–H and O–H groups in total. The molecule has 3 fully saturated rings. The number of carbonyl (C=O) groups excluding carboxylic acids is 4. The first kappa shape index (κ1) is 28.2. The number of anilines is 2. The third kappa shape index (κ3) is 4.30. The molecule has 10 heteroatoms. The Morgan fingerprint density at radius 2 is 1.24 bits per heavy atom. The summed E-state index contributed by atoms with van der Waals surface area (Å²) in [5.74, 6) is -4.78. The first-order valence-corrected chi connectivity index (χ1v) is 16.6. The molecule has 0 spiro atoms. The molecule has 0 aromatic heterocycles. The van der Waals surface area contributed by atoms with E-state index >= 15 is 0 Å². The summed E-state index contributed by atoms with van der Waals surface area (Å²) in [4.78, 5) is 58.5. The molecular weight excluding hydrogens is 826 g/mol. The Balaban J connectivity index is 1.35. The van der Waals surface area contributed by atoms with E-state index in [0.717, 1.165) is 17.2 Å². The number of allylic oxidation sites excluding steroid dienone is 2. The fourth-order valence-corrected chi connectivity index (χ4v) is 8.50. The SMILES string of the molecule is O=C1C2CC=C3C(CC4C(=O)N(c5ccc(I)cc5)C(=O)C4C3c3cc(Br)ccc3O)C2C(=O)N1c1ccc(I)cc1. The van der Waals surface area contributed by atoms with Crippen LogP contribution in [0.5, 0.6) is 5.75 Å². The molecular formula is C32H23BrI2N2O5. The first-order valence-electron chi connectivity index (χ1n) is 13.6. The number of nitrogens with zero attached hydrogens (tertiary/aromatic N) is 2. The van der Waals surface area contributed by atoms with Crippen LogP contribution in [0.4, 0.5) is 11.4 Å². The van der Waals surface area contributed by atoms with Gasteiger partial charge in [-0.25, -0.2) is 0 Å². The number of halogens is 3. The van der Waals surface area contributed by atoms with E-state index in [1.54, 1.807) is 42.5 Å². The Kier molecular flexibility index (Phi) is 7.08. The molecule has 7 nitrogen and oxygen atoms in total. The van der Waals surface area contributed by atoms with Gasteiger partial charge in [0.25, 0.3) is 0 Å². The van der Waals surface area contributed by atoms with Gasteiger partial charge in [0.1, 0.15) is 5.75 Å². The zero-order valence-electron chi connectivity index (χ0n) is 21.9. The van der Waals surface area contributed by atoms with Gasteiger partial charge in [0.2, 0.25) is 23.6 Å². The number of rotatable bonds is 3. The van der Waals surface area contributed by atoms with E-state index in [4.69, 9.17) is 0 Å². The van der Waals surface area contributed by atoms with Crippen molar-refractivity contribution in [3.8, 4) is 5.75 Å². The minimum absolute atomic E-state index is 0.0212. The number of benzene rings is 3. The van der Waals surface area contributed by atoms with Gasteiger partial charge in [-0.3, -0.25) is 29.0 Å². The second-order valence-corrected chi connectivity index (χ2v) is 14.6. The highest BCUT2D eigenvalue weighted by Crippen LogP contribution is 2.59. The number of hydrogen-bond donors (Lipinski definition) is 1. The topological polar surface area (TPSA) is 95.0 Å². The molecule has 1 saturated carbocycles. The molecule has 4 amide bonds. The Hall–Kier alpha value is -2.58. The molecule has 3 aromatic rings. The molecule has 6 unspecified atom stereocenters. The minimum atomic E-state index is -0.740. The van der Waals surface area contributed by atoms with E-state index in [-0.39, 0.29) is 35.8 Å². The summed E-state index contributed by atoms with van der Waals surface area (Å²) in [5, 5.41) is 11.1. The zero-order valence-corrected chi connectivity index (χ0v) is 27.8. The van der Waals surface area contributed by atoms with Crippen LogP contribution in [0.25, 0.3) is 0 Å². The minimum Gasteiger partial charge on any atom is -0.508 e. The van der Waals surface area contributed by atoms with E-state index in [0.29, 0.717) is 23.4 Å². The molecule has 6 atom stereocenters. The van der Waals surface area contributed by atoms with Gasteiger partial charge >= 0.3 is 0 Å². The second kappa shape index (κ2) is 10.5. The van der Waals surface area contributed by atoms with Gasteiger partial charge in [-0.15, -0.1) is 0 Å². The average molecular weight is 849 g/mol. The van der Waals surface area contributed by atoms with Gasteiger partial charge in [0.15, 0.2) is 0 Å². The lowest BCUT2D eigenvalue weighted by atomic mass is 9.57. The van der Waals surface area contributed by atoms with E-state index in [9.17, 15) is 24.3 Å². The molecule has 0 bridgehead atoms. The smallest absolute Gasteiger partial charge is 0.238 e. The van der Waals surface area contributed by atoms with Crippen LogP contribution in [-0.4, -0.2) is 28.7 Å². The van der Waals surface area contributed by atoms with Crippen molar-refractivity contribution in [3.05, 3.63) is 95.6 Å². The van der Waals surface area contributed by atoms with Crippen LogP contribution in [0.2, 0.25) is 0 Å². The lowest BCUT2D eigenvalue weighted by Gasteiger charge is -2.44. The highest BCUT2D eigenvalue weighted by Gasteiger charge is 2.62. The van der Waals surface area contributed by atoms with E-state index in [1.807, 2.05) is 30.3 Å². The fraction of sp³-hybridized carbons (Fsp3) is 0.250. The maximum absolute atomic E-state index is 14.2. The lowest BCUT2D eigenvalue weighted by molar-refractivity contribution is -0.126. The summed E-state index contributed by atoms with van der Waals surface area (Å²) in [7, 11) is 0. The van der Waals surface area contributed by atoms with Crippen molar-refractivity contribution in [2.75, 3.05) is 9.80 Å². The van der Waals surface area contributed by atoms with Crippen LogP contribution in [0.1, 0.15) is 24.3 Å². The molecule has 42 heavy (non-hydrogen) atoms. The highest BCUT2D eigenvalue weighted by atomic mass is 127. The van der Waals surface area contributed by atoms with Crippen LogP contribution in [0.3, 0.4) is 0 Å². The Morgan fingerprint density at radius 1 is 0.690 bits per heavy atom. The number of hydrogen-bond acceptors (Lipinski definition) is 5. The normalized spacial score (nSPS) is 28.5. The predicted octanol–water partition coefficient (Wildman–Crippen LogP) is 6.41. The number of imide groups is 2. The van der Waals surface area contributed by atoms with Gasteiger partial charge in [-0.05, 0) is 131 Å². The average Bonchev–Trinajstić information content (AvgIpc) is 3.38. The number of carbonyl (C=O) groups is 4. The standard InChI is InChI=1S/C32H23BrI2N2O5/c33-15-1-12-25(38)23(13-15)26-20-10-11-21-27(31(41)36(29(21)39)18-6-2-16(34)3-7-18)22(20)14-24-28(26)32(42)37(30(24)40)19-8-4-17(35)5-9-19/h1-10,12-13,21-22,24,26-28,38H,11,14H2. The van der Waals surface area contributed by atoms with Crippen molar-refractivity contribution >= 4 is 96.1 Å². The van der Waals surface area contributed by atoms with Crippen molar-refractivity contribution in [2.45, 2.75) is 18.8 Å². The fourth-order valence-electron chi connectivity index (χ4n) is 7.40. The number of amides is 4. The van der Waals surface area contributed by atoms with E-state index in [1.165, 1.54) is 9.80 Å². The second-order valence-electron chi connectivity index (χ2n) is 11.2. The van der Waals surface area contributed by atoms with E-state index in [2.05, 4.69) is 61.1 Å². The zero-order chi connectivity index (χ0) is 29.4. The number of fused-ring (bicyclic) bond motifs is 4. The van der Waals surface area contributed by atoms with E-state index < -0.39 is 35.5 Å². The third-order valence-corrected chi connectivity index (χ3v) is 11.1. The molecule has 2 heterocycles. The lowest BCUT2D eigenvalue weighted by Crippen LogP contribution is -2.43. The van der Waals surface area contributed by atoms with Crippen molar-refractivity contribution in [2.24, 2.45) is 29.6 Å². The van der Waals surface area contributed by atoms with Gasteiger partial charge in [-0.2, -0.15) is 0 Å². The predicted molar refractivity (Wildman–Crippen MR) is 177 cm³/mol. The number of phenols is 1. The Morgan fingerprint density at radius 3 is 1.83 bits per heavy atom. The monoisotopic (exact) mass is 848 g/mol.